The van der Waals surface area contributed by atoms with Gasteiger partial charge in [0.25, 0.3) is 5.91 Å². The quantitative estimate of drug-likeness (QED) is 0.839. The third-order valence-corrected chi connectivity index (χ3v) is 3.36. The van der Waals surface area contributed by atoms with Gasteiger partial charge in [0.05, 0.1) is 11.3 Å². The van der Waals surface area contributed by atoms with Gasteiger partial charge in [-0.15, -0.1) is 11.6 Å². The lowest BCUT2D eigenvalue weighted by molar-refractivity contribution is 0.0930. The van der Waals surface area contributed by atoms with Crippen LogP contribution in [0.5, 0.6) is 0 Å². The number of rotatable bonds is 4. The molecule has 1 rings (SSSR count). The molecular weight excluding hydrogens is 238 g/mol. The van der Waals surface area contributed by atoms with Gasteiger partial charge in [0.15, 0.2) is 0 Å². The first-order chi connectivity index (χ1) is 7.88. The highest BCUT2D eigenvalue weighted by Gasteiger charge is 2.21. The van der Waals surface area contributed by atoms with E-state index in [9.17, 15) is 4.79 Å². The number of nitrogens with one attached hydrogen (secondary N) is 1. The van der Waals surface area contributed by atoms with Crippen molar-refractivity contribution in [3.05, 3.63) is 17.0 Å². The van der Waals surface area contributed by atoms with Crippen LogP contribution in [0, 0.1) is 19.8 Å². The minimum atomic E-state index is -0.0903. The molecule has 0 spiro atoms. The number of amides is 1. The third-order valence-electron chi connectivity index (χ3n) is 3.02. The van der Waals surface area contributed by atoms with Gasteiger partial charge in [-0.25, -0.2) is 0 Å². The highest BCUT2D eigenvalue weighted by molar-refractivity contribution is 6.18. The predicted octanol–water partition coefficient (Wildman–Crippen LogP) is 2.03. The first-order valence-corrected chi connectivity index (χ1v) is 6.29. The first kappa shape index (κ1) is 14.0. The molecule has 1 unspecified atom stereocenters. The van der Waals surface area contributed by atoms with E-state index in [0.29, 0.717) is 17.4 Å². The van der Waals surface area contributed by atoms with E-state index >= 15 is 0 Å². The Hall–Kier alpha value is -1.03. The van der Waals surface area contributed by atoms with Gasteiger partial charge in [-0.3, -0.25) is 9.48 Å². The smallest absolute Gasteiger partial charge is 0.255 e. The summed E-state index contributed by atoms with van der Waals surface area (Å²) in [5, 5.41) is 7.19. The van der Waals surface area contributed by atoms with Crippen LogP contribution in [0.4, 0.5) is 0 Å². The maximum absolute atomic E-state index is 12.2. The summed E-state index contributed by atoms with van der Waals surface area (Å²) < 4.78 is 1.72. The Morgan fingerprint density at radius 3 is 2.41 bits per heavy atom. The second-order valence-electron chi connectivity index (χ2n) is 4.65. The predicted molar refractivity (Wildman–Crippen MR) is 69.5 cm³/mol. The number of nitrogens with zero attached hydrogens (tertiary/aromatic N) is 2. The third kappa shape index (κ3) is 3.00. The fourth-order valence-electron chi connectivity index (χ4n) is 1.73. The molecule has 96 valence electrons. The lowest BCUT2D eigenvalue weighted by atomic mass is 10.1. The van der Waals surface area contributed by atoms with Crippen LogP contribution in [-0.2, 0) is 7.05 Å². The Morgan fingerprint density at radius 1 is 1.47 bits per heavy atom. The number of carbonyl (C=O) groups is 1. The van der Waals surface area contributed by atoms with Crippen LogP contribution in [0.3, 0.4) is 0 Å². The van der Waals surface area contributed by atoms with Crippen LogP contribution < -0.4 is 5.32 Å². The van der Waals surface area contributed by atoms with Crippen molar-refractivity contribution in [2.45, 2.75) is 33.7 Å². The molecule has 0 aliphatic heterocycles. The second-order valence-corrected chi connectivity index (χ2v) is 4.96. The van der Waals surface area contributed by atoms with Crippen molar-refractivity contribution in [3.63, 3.8) is 0 Å². The Balaban J connectivity index is 2.90. The molecule has 17 heavy (non-hydrogen) atoms. The summed E-state index contributed by atoms with van der Waals surface area (Å²) in [5.41, 5.74) is 2.28. The molecule has 0 saturated carbocycles. The Bertz CT molecular complexity index is 412. The first-order valence-electron chi connectivity index (χ1n) is 5.75. The Labute approximate surface area is 107 Å². The van der Waals surface area contributed by atoms with E-state index < -0.39 is 0 Å². The summed E-state index contributed by atoms with van der Waals surface area (Å²) in [6, 6.07) is -0.0110. The van der Waals surface area contributed by atoms with Gasteiger partial charge < -0.3 is 5.32 Å². The van der Waals surface area contributed by atoms with Gasteiger partial charge in [-0.2, -0.15) is 5.10 Å². The maximum atomic E-state index is 12.2. The summed E-state index contributed by atoms with van der Waals surface area (Å²) in [6.45, 7) is 7.81. The lowest BCUT2D eigenvalue weighted by Gasteiger charge is -2.19. The molecule has 1 aromatic heterocycles. The van der Waals surface area contributed by atoms with Crippen molar-refractivity contribution in [2.75, 3.05) is 5.88 Å². The van der Waals surface area contributed by atoms with Gasteiger partial charge in [0.1, 0.15) is 0 Å². The van der Waals surface area contributed by atoms with Gasteiger partial charge in [-0.1, -0.05) is 13.8 Å². The molecule has 1 amide bonds. The van der Waals surface area contributed by atoms with Crippen molar-refractivity contribution in [1.82, 2.24) is 15.1 Å². The molecule has 0 aromatic carbocycles. The second kappa shape index (κ2) is 5.54. The summed E-state index contributed by atoms with van der Waals surface area (Å²) in [6.07, 6.45) is 0. The highest BCUT2D eigenvalue weighted by Crippen LogP contribution is 2.13. The molecule has 1 aromatic rings. The van der Waals surface area contributed by atoms with Gasteiger partial charge >= 0.3 is 0 Å². The largest absolute Gasteiger partial charge is 0.348 e. The normalized spacial score (nSPS) is 12.9. The SMILES string of the molecule is Cc1nn(C)c(C)c1C(=O)NC(CCl)C(C)C. The Morgan fingerprint density at radius 2 is 2.06 bits per heavy atom. The number of halogens is 1. The van der Waals surface area contributed by atoms with Crippen LogP contribution in [0.2, 0.25) is 0 Å². The zero-order valence-electron chi connectivity index (χ0n) is 11.0. The zero-order valence-corrected chi connectivity index (χ0v) is 11.8. The molecule has 1 heterocycles. The van der Waals surface area contributed by atoms with Crippen molar-refractivity contribution < 1.29 is 4.79 Å². The molecule has 0 fully saturated rings. The lowest BCUT2D eigenvalue weighted by Crippen LogP contribution is -2.40. The highest BCUT2D eigenvalue weighted by atomic mass is 35.5. The topological polar surface area (TPSA) is 46.9 Å². The van der Waals surface area contributed by atoms with Crippen LogP contribution in [0.25, 0.3) is 0 Å². The van der Waals surface area contributed by atoms with Crippen molar-refractivity contribution in [1.29, 1.82) is 0 Å². The maximum Gasteiger partial charge on any atom is 0.255 e. The van der Waals surface area contributed by atoms with Crippen molar-refractivity contribution in [3.8, 4) is 0 Å². The number of aromatic nitrogens is 2. The molecule has 0 aliphatic rings. The molecule has 0 bridgehead atoms. The molecular formula is C12H20ClN3O. The molecule has 1 N–H and O–H groups in total. The van der Waals surface area contributed by atoms with E-state index in [1.54, 1.807) is 4.68 Å². The van der Waals surface area contributed by atoms with Gasteiger partial charge in [-0.05, 0) is 19.8 Å². The van der Waals surface area contributed by atoms with E-state index in [1.165, 1.54) is 0 Å². The fraction of sp³-hybridized carbons (Fsp3) is 0.667. The van der Waals surface area contributed by atoms with Crippen LogP contribution >= 0.6 is 11.6 Å². The van der Waals surface area contributed by atoms with Crippen LogP contribution in [0.15, 0.2) is 0 Å². The molecule has 4 nitrogen and oxygen atoms in total. The molecule has 0 radical (unpaired) electrons. The van der Waals surface area contributed by atoms with E-state index in [-0.39, 0.29) is 11.9 Å². The van der Waals surface area contributed by atoms with Gasteiger partial charge in [0.2, 0.25) is 0 Å². The van der Waals surface area contributed by atoms with Crippen molar-refractivity contribution in [2.24, 2.45) is 13.0 Å². The molecule has 5 heteroatoms. The monoisotopic (exact) mass is 257 g/mol. The van der Waals surface area contributed by atoms with E-state index in [1.807, 2.05) is 34.7 Å². The molecule has 0 aliphatic carbocycles. The molecule has 1 atom stereocenters. The minimum Gasteiger partial charge on any atom is -0.348 e. The number of hydrogen-bond donors (Lipinski definition) is 1. The Kier molecular flexibility index (Phi) is 4.57. The average Bonchev–Trinajstić information content (AvgIpc) is 2.49. The summed E-state index contributed by atoms with van der Waals surface area (Å²) in [4.78, 5) is 12.2. The summed E-state index contributed by atoms with van der Waals surface area (Å²) >= 11 is 5.84. The average molecular weight is 258 g/mol. The van der Waals surface area contributed by atoms with E-state index in [0.717, 1.165) is 11.4 Å². The van der Waals surface area contributed by atoms with Crippen LogP contribution in [-0.4, -0.2) is 27.6 Å². The number of aryl methyl sites for hydroxylation is 2. The standard InChI is InChI=1S/C12H20ClN3O/c1-7(2)10(6-13)14-12(17)11-8(3)15-16(5)9(11)4/h7,10H,6H2,1-5H3,(H,14,17). The number of carbonyl (C=O) groups excluding carboxylic acids is 1. The molecule has 0 saturated heterocycles. The zero-order chi connectivity index (χ0) is 13.2. The van der Waals surface area contributed by atoms with Crippen LogP contribution in [0.1, 0.15) is 35.6 Å². The van der Waals surface area contributed by atoms with Gasteiger partial charge in [0, 0.05) is 24.7 Å². The number of alkyl halides is 1. The van der Waals surface area contributed by atoms with E-state index in [2.05, 4.69) is 10.4 Å². The fourth-order valence-corrected chi connectivity index (χ4v) is 2.16. The number of hydrogen-bond acceptors (Lipinski definition) is 2. The summed E-state index contributed by atoms with van der Waals surface area (Å²) in [7, 11) is 1.83. The minimum absolute atomic E-state index is 0.0110. The summed E-state index contributed by atoms with van der Waals surface area (Å²) in [5.74, 6) is 0.642. The van der Waals surface area contributed by atoms with E-state index in [4.69, 9.17) is 11.6 Å². The van der Waals surface area contributed by atoms with Crippen molar-refractivity contribution >= 4 is 17.5 Å².